The van der Waals surface area contributed by atoms with E-state index in [4.69, 9.17) is 5.73 Å². The smallest absolute Gasteiger partial charge is 0.322 e. The van der Waals surface area contributed by atoms with Crippen molar-refractivity contribution in [3.63, 3.8) is 0 Å². The molecule has 11 heavy (non-hydrogen) atoms. The Morgan fingerprint density at radius 3 is 2.64 bits per heavy atom. The number of nitrogens with two attached hydrogens (primary N) is 1. The van der Waals surface area contributed by atoms with Gasteiger partial charge in [0.2, 0.25) is 0 Å². The summed E-state index contributed by atoms with van der Waals surface area (Å²) in [6, 6.07) is -0.611. The molecular formula is C6H11N3O2. The molecule has 1 atom stereocenters. The normalized spacial score (nSPS) is 21.0. The van der Waals surface area contributed by atoms with Crippen molar-refractivity contribution in [2.45, 2.75) is 25.0 Å². The Morgan fingerprint density at radius 1 is 1.73 bits per heavy atom. The number of carbonyl (C=O) groups excluding carboxylic acids is 1. The standard InChI is InChI=1S/C6H11N3O2/c1-6(8-9-6)3-4(7)5(10)11-2/h4H,3,7H2,1-2H3/t4-/m0/s1. The van der Waals surface area contributed by atoms with Crippen LogP contribution < -0.4 is 5.73 Å². The quantitative estimate of drug-likeness (QED) is 0.588. The molecule has 2 N–H and O–H groups in total. The molecule has 5 nitrogen and oxygen atoms in total. The van der Waals surface area contributed by atoms with Gasteiger partial charge in [-0.25, -0.2) is 0 Å². The van der Waals surface area contributed by atoms with Gasteiger partial charge in [0.1, 0.15) is 6.04 Å². The number of hydrogen-bond acceptors (Lipinski definition) is 5. The third-order valence-corrected chi connectivity index (χ3v) is 1.55. The summed E-state index contributed by atoms with van der Waals surface area (Å²) >= 11 is 0. The molecule has 0 unspecified atom stereocenters. The first kappa shape index (κ1) is 8.13. The van der Waals surface area contributed by atoms with Gasteiger partial charge in [0.15, 0.2) is 5.66 Å². The van der Waals surface area contributed by atoms with Crippen molar-refractivity contribution in [1.29, 1.82) is 0 Å². The van der Waals surface area contributed by atoms with E-state index in [0.29, 0.717) is 6.42 Å². The Labute approximate surface area is 64.6 Å². The zero-order valence-corrected chi connectivity index (χ0v) is 6.57. The molecule has 0 spiro atoms. The highest BCUT2D eigenvalue weighted by molar-refractivity contribution is 5.75. The molecule has 1 heterocycles. The maximum Gasteiger partial charge on any atom is 0.322 e. The minimum atomic E-state index is -0.611. The van der Waals surface area contributed by atoms with E-state index in [0.717, 1.165) is 0 Å². The van der Waals surface area contributed by atoms with Gasteiger partial charge in [-0.1, -0.05) is 0 Å². The molecule has 62 valence electrons. The predicted octanol–water partition coefficient (Wildman–Crippen LogP) is 0.0588. The first-order valence-electron chi connectivity index (χ1n) is 3.35. The fraction of sp³-hybridized carbons (Fsp3) is 0.833. The molecule has 0 fully saturated rings. The van der Waals surface area contributed by atoms with Gasteiger partial charge in [-0.15, -0.1) is 0 Å². The van der Waals surface area contributed by atoms with Crippen molar-refractivity contribution in [1.82, 2.24) is 0 Å². The van der Waals surface area contributed by atoms with Gasteiger partial charge in [0.25, 0.3) is 0 Å². The SMILES string of the molecule is COC(=O)[C@@H](N)CC1(C)N=N1. The van der Waals surface area contributed by atoms with Crippen LogP contribution in [0, 0.1) is 0 Å². The van der Waals surface area contributed by atoms with Crippen LogP contribution in [0.15, 0.2) is 10.2 Å². The van der Waals surface area contributed by atoms with E-state index in [9.17, 15) is 4.79 Å². The van der Waals surface area contributed by atoms with E-state index in [1.165, 1.54) is 7.11 Å². The fourth-order valence-electron chi connectivity index (χ4n) is 0.818. The molecule has 0 aliphatic carbocycles. The van der Waals surface area contributed by atoms with Gasteiger partial charge in [0, 0.05) is 6.42 Å². The number of methoxy groups -OCH3 is 1. The fourth-order valence-corrected chi connectivity index (χ4v) is 0.818. The predicted molar refractivity (Wildman–Crippen MR) is 37.9 cm³/mol. The summed E-state index contributed by atoms with van der Waals surface area (Å²) < 4.78 is 4.44. The molecule has 1 rings (SSSR count). The van der Waals surface area contributed by atoms with Crippen molar-refractivity contribution in [2.75, 3.05) is 7.11 Å². The molecule has 0 saturated heterocycles. The lowest BCUT2D eigenvalue weighted by molar-refractivity contribution is -0.142. The Balaban J connectivity index is 2.31. The summed E-state index contributed by atoms with van der Waals surface area (Å²) in [6.45, 7) is 1.82. The van der Waals surface area contributed by atoms with Crippen LogP contribution in [0.4, 0.5) is 0 Å². The first-order chi connectivity index (χ1) is 5.07. The third-order valence-electron chi connectivity index (χ3n) is 1.55. The van der Waals surface area contributed by atoms with Crippen molar-refractivity contribution >= 4 is 5.97 Å². The van der Waals surface area contributed by atoms with Crippen LogP contribution in [0.2, 0.25) is 0 Å². The molecule has 0 aromatic carbocycles. The number of nitrogens with zero attached hydrogens (tertiary/aromatic N) is 2. The molecule has 0 saturated carbocycles. The summed E-state index contributed by atoms with van der Waals surface area (Å²) in [5.74, 6) is -0.413. The van der Waals surface area contributed by atoms with Gasteiger partial charge in [-0.05, 0) is 6.92 Å². The Kier molecular flexibility index (Phi) is 1.90. The molecule has 5 heteroatoms. The molecule has 0 bridgehead atoms. The second-order valence-corrected chi connectivity index (χ2v) is 2.75. The van der Waals surface area contributed by atoms with Crippen LogP contribution >= 0.6 is 0 Å². The summed E-state index contributed by atoms with van der Waals surface area (Å²) in [4.78, 5) is 10.8. The van der Waals surface area contributed by atoms with Crippen LogP contribution in [0.5, 0.6) is 0 Å². The lowest BCUT2D eigenvalue weighted by atomic mass is 10.1. The van der Waals surface area contributed by atoms with E-state index in [2.05, 4.69) is 15.0 Å². The number of hydrogen-bond donors (Lipinski definition) is 1. The van der Waals surface area contributed by atoms with Gasteiger partial charge < -0.3 is 10.5 Å². The van der Waals surface area contributed by atoms with Gasteiger partial charge in [-0.3, -0.25) is 4.79 Å². The first-order valence-corrected chi connectivity index (χ1v) is 3.35. The van der Waals surface area contributed by atoms with E-state index in [1.807, 2.05) is 6.92 Å². The molecule has 1 aliphatic rings. The van der Waals surface area contributed by atoms with Crippen molar-refractivity contribution in [2.24, 2.45) is 16.0 Å². The molecular weight excluding hydrogens is 146 g/mol. The van der Waals surface area contributed by atoms with Crippen LogP contribution in [0.25, 0.3) is 0 Å². The second kappa shape index (κ2) is 2.58. The monoisotopic (exact) mass is 157 g/mol. The van der Waals surface area contributed by atoms with E-state index >= 15 is 0 Å². The van der Waals surface area contributed by atoms with Crippen molar-refractivity contribution < 1.29 is 9.53 Å². The zero-order valence-electron chi connectivity index (χ0n) is 6.57. The Bertz CT molecular complexity index is 196. The topological polar surface area (TPSA) is 77.0 Å². The van der Waals surface area contributed by atoms with Crippen LogP contribution in [0.1, 0.15) is 13.3 Å². The number of rotatable bonds is 3. The maximum atomic E-state index is 10.8. The Hall–Kier alpha value is -0.970. The Morgan fingerprint density at radius 2 is 2.27 bits per heavy atom. The highest BCUT2D eigenvalue weighted by Crippen LogP contribution is 2.31. The van der Waals surface area contributed by atoms with Crippen LogP contribution in [-0.2, 0) is 9.53 Å². The largest absolute Gasteiger partial charge is 0.468 e. The van der Waals surface area contributed by atoms with E-state index < -0.39 is 17.7 Å². The number of ether oxygens (including phenoxy) is 1. The van der Waals surface area contributed by atoms with Gasteiger partial charge in [-0.2, -0.15) is 10.2 Å². The van der Waals surface area contributed by atoms with Crippen LogP contribution in [-0.4, -0.2) is 24.8 Å². The van der Waals surface area contributed by atoms with E-state index in [1.54, 1.807) is 0 Å². The molecule has 1 aliphatic heterocycles. The second-order valence-electron chi connectivity index (χ2n) is 2.75. The average molecular weight is 157 g/mol. The van der Waals surface area contributed by atoms with Gasteiger partial charge in [0.05, 0.1) is 7.11 Å². The highest BCUT2D eigenvalue weighted by Gasteiger charge is 2.37. The minimum Gasteiger partial charge on any atom is -0.468 e. The van der Waals surface area contributed by atoms with Crippen molar-refractivity contribution in [3.8, 4) is 0 Å². The zero-order chi connectivity index (χ0) is 8.48. The highest BCUT2D eigenvalue weighted by atomic mass is 16.5. The summed E-state index contributed by atoms with van der Waals surface area (Å²) in [5, 5.41) is 7.46. The third kappa shape index (κ3) is 1.98. The maximum absolute atomic E-state index is 10.8. The number of carbonyl (C=O) groups is 1. The lowest BCUT2D eigenvalue weighted by Crippen LogP contribution is -2.35. The summed E-state index contributed by atoms with van der Waals surface area (Å²) in [7, 11) is 1.31. The summed E-state index contributed by atoms with van der Waals surface area (Å²) in [5.41, 5.74) is 5.04. The van der Waals surface area contributed by atoms with Crippen molar-refractivity contribution in [3.05, 3.63) is 0 Å². The minimum absolute atomic E-state index is 0.413. The molecule has 0 aromatic heterocycles. The van der Waals surface area contributed by atoms with Crippen LogP contribution in [0.3, 0.4) is 0 Å². The molecule has 0 amide bonds. The van der Waals surface area contributed by atoms with E-state index in [-0.39, 0.29) is 0 Å². The number of esters is 1. The summed E-state index contributed by atoms with van der Waals surface area (Å²) in [6.07, 6.45) is 0.430. The molecule has 0 radical (unpaired) electrons. The lowest BCUT2D eigenvalue weighted by Gasteiger charge is -2.09. The van der Waals surface area contributed by atoms with Gasteiger partial charge >= 0.3 is 5.97 Å². The average Bonchev–Trinajstić information content (AvgIpc) is 2.66. The molecule has 0 aromatic rings.